The smallest absolute Gasteiger partial charge is 0.310 e. The van der Waals surface area contributed by atoms with Gasteiger partial charge in [0.2, 0.25) is 0 Å². The van der Waals surface area contributed by atoms with Crippen molar-refractivity contribution in [3.05, 3.63) is 35.4 Å². The van der Waals surface area contributed by atoms with Crippen LogP contribution in [0.2, 0.25) is 0 Å². The Balaban J connectivity index is 2.34. The second kappa shape index (κ2) is 9.56. The molecule has 0 amide bonds. The molecule has 1 aromatic carbocycles. The molecular formula is C18H29NO2. The summed E-state index contributed by atoms with van der Waals surface area (Å²) >= 11 is 0. The largest absolute Gasteiger partial charge is 0.464 e. The lowest BCUT2D eigenvalue weighted by Gasteiger charge is -2.17. The van der Waals surface area contributed by atoms with Crippen LogP contribution in [-0.4, -0.2) is 37.1 Å². The topological polar surface area (TPSA) is 29.5 Å². The Hall–Kier alpha value is -1.35. The van der Waals surface area contributed by atoms with Crippen LogP contribution < -0.4 is 0 Å². The molecule has 1 aromatic rings. The highest BCUT2D eigenvalue weighted by molar-refractivity contribution is 5.72. The number of hydrogen-bond donors (Lipinski definition) is 0. The summed E-state index contributed by atoms with van der Waals surface area (Å²) in [5, 5.41) is 0. The molecule has 0 aliphatic rings. The minimum absolute atomic E-state index is 0.140. The number of ether oxygens (including phenoxy) is 1. The zero-order valence-electron chi connectivity index (χ0n) is 13.9. The Morgan fingerprint density at radius 2 is 1.67 bits per heavy atom. The van der Waals surface area contributed by atoms with Crippen molar-refractivity contribution in [2.75, 3.05) is 26.2 Å². The minimum atomic E-state index is -0.140. The molecule has 0 aromatic heterocycles. The van der Waals surface area contributed by atoms with Crippen molar-refractivity contribution in [1.82, 2.24) is 4.90 Å². The van der Waals surface area contributed by atoms with Crippen LogP contribution in [0, 0.1) is 5.92 Å². The highest BCUT2D eigenvalue weighted by atomic mass is 16.5. The standard InChI is InChI=1S/C18H29NO2/c1-5-19(6-2)11-12-21-18(20)14-17-9-7-16(8-10-17)13-15(3)4/h7-10,15H,5-6,11-14H2,1-4H3. The van der Waals surface area contributed by atoms with Crippen LogP contribution in [0.15, 0.2) is 24.3 Å². The van der Waals surface area contributed by atoms with Gasteiger partial charge in [-0.05, 0) is 36.6 Å². The summed E-state index contributed by atoms with van der Waals surface area (Å²) in [6, 6.07) is 8.28. The number of nitrogens with zero attached hydrogens (tertiary/aromatic N) is 1. The summed E-state index contributed by atoms with van der Waals surface area (Å²) < 4.78 is 5.29. The van der Waals surface area contributed by atoms with Gasteiger partial charge in [-0.25, -0.2) is 0 Å². The molecule has 0 aliphatic heterocycles. The SMILES string of the molecule is CCN(CC)CCOC(=O)Cc1ccc(CC(C)C)cc1. The van der Waals surface area contributed by atoms with Gasteiger partial charge in [-0.1, -0.05) is 52.0 Å². The van der Waals surface area contributed by atoms with Gasteiger partial charge < -0.3 is 9.64 Å². The molecule has 0 unspecified atom stereocenters. The Labute approximate surface area is 129 Å². The first-order valence-corrected chi connectivity index (χ1v) is 8.00. The molecule has 0 spiro atoms. The first kappa shape index (κ1) is 17.7. The van der Waals surface area contributed by atoms with E-state index in [0.717, 1.165) is 31.6 Å². The van der Waals surface area contributed by atoms with E-state index < -0.39 is 0 Å². The van der Waals surface area contributed by atoms with Crippen molar-refractivity contribution >= 4 is 5.97 Å². The van der Waals surface area contributed by atoms with Crippen LogP contribution in [0.25, 0.3) is 0 Å². The molecule has 0 radical (unpaired) electrons. The number of carbonyl (C=O) groups excluding carboxylic acids is 1. The van der Waals surface area contributed by atoms with Gasteiger partial charge in [0.15, 0.2) is 0 Å². The first-order valence-electron chi connectivity index (χ1n) is 8.00. The van der Waals surface area contributed by atoms with Gasteiger partial charge in [0, 0.05) is 6.54 Å². The number of likely N-dealkylation sites (N-methyl/N-ethyl adjacent to an activating group) is 1. The second-order valence-corrected chi connectivity index (χ2v) is 5.84. The Bertz CT molecular complexity index is 408. The fraction of sp³-hybridized carbons (Fsp3) is 0.611. The molecule has 118 valence electrons. The third-order valence-corrected chi connectivity index (χ3v) is 3.58. The van der Waals surface area contributed by atoms with Gasteiger partial charge in [0.1, 0.15) is 6.61 Å². The average molecular weight is 291 g/mol. The van der Waals surface area contributed by atoms with Crippen molar-refractivity contribution < 1.29 is 9.53 Å². The maximum absolute atomic E-state index is 11.8. The summed E-state index contributed by atoms with van der Waals surface area (Å²) in [6.45, 7) is 11.9. The Kier molecular flexibility index (Phi) is 8.06. The van der Waals surface area contributed by atoms with E-state index in [9.17, 15) is 4.79 Å². The lowest BCUT2D eigenvalue weighted by Crippen LogP contribution is -2.28. The molecule has 0 heterocycles. The van der Waals surface area contributed by atoms with Crippen molar-refractivity contribution in [3.63, 3.8) is 0 Å². The minimum Gasteiger partial charge on any atom is -0.464 e. The van der Waals surface area contributed by atoms with E-state index in [0.29, 0.717) is 18.9 Å². The lowest BCUT2D eigenvalue weighted by atomic mass is 10.0. The third kappa shape index (κ3) is 7.28. The highest BCUT2D eigenvalue weighted by Gasteiger charge is 2.06. The third-order valence-electron chi connectivity index (χ3n) is 3.58. The molecule has 0 saturated carbocycles. The zero-order chi connectivity index (χ0) is 15.7. The molecule has 1 rings (SSSR count). The fourth-order valence-corrected chi connectivity index (χ4v) is 2.31. The Morgan fingerprint density at radius 1 is 1.10 bits per heavy atom. The van der Waals surface area contributed by atoms with Gasteiger partial charge in [0.05, 0.1) is 6.42 Å². The molecule has 0 fully saturated rings. The van der Waals surface area contributed by atoms with Gasteiger partial charge in [-0.2, -0.15) is 0 Å². The molecule has 3 nitrogen and oxygen atoms in total. The summed E-state index contributed by atoms with van der Waals surface area (Å²) in [7, 11) is 0. The second-order valence-electron chi connectivity index (χ2n) is 5.84. The first-order chi connectivity index (χ1) is 10.0. The Morgan fingerprint density at radius 3 is 2.19 bits per heavy atom. The van der Waals surface area contributed by atoms with Gasteiger partial charge in [-0.15, -0.1) is 0 Å². The molecular weight excluding hydrogens is 262 g/mol. The van der Waals surface area contributed by atoms with Crippen molar-refractivity contribution in [2.45, 2.75) is 40.5 Å². The maximum Gasteiger partial charge on any atom is 0.310 e. The van der Waals surface area contributed by atoms with Gasteiger partial charge >= 0.3 is 5.97 Å². The van der Waals surface area contributed by atoms with Crippen LogP contribution in [0.5, 0.6) is 0 Å². The molecule has 3 heteroatoms. The predicted molar refractivity (Wildman–Crippen MR) is 87.4 cm³/mol. The molecule has 21 heavy (non-hydrogen) atoms. The van der Waals surface area contributed by atoms with Crippen molar-refractivity contribution in [2.24, 2.45) is 5.92 Å². The summed E-state index contributed by atoms with van der Waals surface area (Å²) in [5.74, 6) is 0.514. The van der Waals surface area contributed by atoms with E-state index >= 15 is 0 Å². The van der Waals surface area contributed by atoms with E-state index in [-0.39, 0.29) is 5.97 Å². The van der Waals surface area contributed by atoms with E-state index in [1.807, 2.05) is 12.1 Å². The van der Waals surface area contributed by atoms with Crippen LogP contribution in [0.3, 0.4) is 0 Å². The molecule has 0 atom stereocenters. The van der Waals surface area contributed by atoms with Gasteiger partial charge in [-0.3, -0.25) is 4.79 Å². The predicted octanol–water partition coefficient (Wildman–Crippen LogP) is 3.31. The summed E-state index contributed by atoms with van der Waals surface area (Å²) in [5.41, 5.74) is 2.35. The molecule has 0 saturated heterocycles. The monoisotopic (exact) mass is 291 g/mol. The van der Waals surface area contributed by atoms with Crippen LogP contribution in [-0.2, 0) is 22.4 Å². The summed E-state index contributed by atoms with van der Waals surface area (Å²) in [6.07, 6.45) is 1.44. The fourth-order valence-electron chi connectivity index (χ4n) is 2.31. The van der Waals surface area contributed by atoms with E-state index in [1.165, 1.54) is 5.56 Å². The zero-order valence-corrected chi connectivity index (χ0v) is 13.9. The molecule has 0 aliphatic carbocycles. The number of benzene rings is 1. The van der Waals surface area contributed by atoms with E-state index in [4.69, 9.17) is 4.74 Å². The number of carbonyl (C=O) groups is 1. The number of rotatable bonds is 9. The quantitative estimate of drug-likeness (QED) is 0.654. The number of esters is 1. The van der Waals surface area contributed by atoms with Crippen molar-refractivity contribution in [1.29, 1.82) is 0 Å². The molecule has 0 N–H and O–H groups in total. The molecule has 0 bridgehead atoms. The van der Waals surface area contributed by atoms with E-state index in [1.54, 1.807) is 0 Å². The van der Waals surface area contributed by atoms with Crippen LogP contribution >= 0.6 is 0 Å². The maximum atomic E-state index is 11.8. The lowest BCUT2D eigenvalue weighted by molar-refractivity contribution is -0.143. The van der Waals surface area contributed by atoms with Crippen LogP contribution in [0.1, 0.15) is 38.8 Å². The van der Waals surface area contributed by atoms with Crippen molar-refractivity contribution in [3.8, 4) is 0 Å². The van der Waals surface area contributed by atoms with Crippen LogP contribution in [0.4, 0.5) is 0 Å². The normalized spacial score (nSPS) is 11.1. The number of hydrogen-bond acceptors (Lipinski definition) is 3. The average Bonchev–Trinajstić information content (AvgIpc) is 2.45. The highest BCUT2D eigenvalue weighted by Crippen LogP contribution is 2.10. The summed E-state index contributed by atoms with van der Waals surface area (Å²) in [4.78, 5) is 14.0. The van der Waals surface area contributed by atoms with E-state index in [2.05, 4.69) is 44.7 Å². The van der Waals surface area contributed by atoms with Gasteiger partial charge in [0.25, 0.3) is 0 Å².